The second-order valence-electron chi connectivity index (χ2n) is 3.72. The van der Waals surface area contributed by atoms with Gasteiger partial charge in [0.1, 0.15) is 6.61 Å². The molecule has 18 heavy (non-hydrogen) atoms. The van der Waals surface area contributed by atoms with E-state index in [1.54, 1.807) is 0 Å². The van der Waals surface area contributed by atoms with Gasteiger partial charge in [0.2, 0.25) is 5.89 Å². The van der Waals surface area contributed by atoms with E-state index in [4.69, 9.17) is 10.2 Å². The summed E-state index contributed by atoms with van der Waals surface area (Å²) in [5.74, 6) is 0.516. The fourth-order valence-corrected chi connectivity index (χ4v) is 1.24. The Bertz CT molecular complexity index is 368. The van der Waals surface area contributed by atoms with E-state index in [0.717, 1.165) is 13.0 Å². The highest BCUT2D eigenvalue weighted by atomic mass is 16.5. The highest BCUT2D eigenvalue weighted by molar-refractivity contribution is 5.64. The van der Waals surface area contributed by atoms with Crippen LogP contribution in [0.5, 0.6) is 0 Å². The summed E-state index contributed by atoms with van der Waals surface area (Å²) in [6.45, 7) is 5.43. The SMILES string of the molecule is CCCNC(C)c1nnc(NCCOC(N)=O)o1. The lowest BCUT2D eigenvalue weighted by molar-refractivity contribution is 0.161. The van der Waals surface area contributed by atoms with Crippen molar-refractivity contribution < 1.29 is 13.9 Å². The number of ether oxygens (including phenoxy) is 1. The van der Waals surface area contributed by atoms with Crippen LogP contribution in [0.2, 0.25) is 0 Å². The van der Waals surface area contributed by atoms with Gasteiger partial charge in [-0.25, -0.2) is 4.79 Å². The molecule has 1 atom stereocenters. The standard InChI is InChI=1S/C10H19N5O3/c1-3-4-12-7(2)8-14-15-10(18-8)13-5-6-17-9(11)16/h7,12H,3-6H2,1-2H3,(H2,11,16)(H,13,15). The molecule has 0 saturated heterocycles. The number of hydrogen-bond donors (Lipinski definition) is 3. The molecule has 1 aromatic heterocycles. The summed E-state index contributed by atoms with van der Waals surface area (Å²) in [5, 5.41) is 13.8. The molecule has 1 unspecified atom stereocenters. The van der Waals surface area contributed by atoms with Gasteiger partial charge in [-0.05, 0) is 19.9 Å². The van der Waals surface area contributed by atoms with Crippen LogP contribution in [-0.2, 0) is 4.74 Å². The highest BCUT2D eigenvalue weighted by Crippen LogP contribution is 2.13. The molecule has 102 valence electrons. The van der Waals surface area contributed by atoms with Gasteiger partial charge in [-0.15, -0.1) is 5.10 Å². The van der Waals surface area contributed by atoms with Gasteiger partial charge in [0, 0.05) is 0 Å². The first-order valence-electron chi connectivity index (χ1n) is 5.86. The van der Waals surface area contributed by atoms with Crippen molar-refractivity contribution >= 4 is 12.1 Å². The molecule has 1 aromatic rings. The molecule has 0 bridgehead atoms. The first kappa shape index (κ1) is 14.2. The Hall–Kier alpha value is -1.83. The topological polar surface area (TPSA) is 115 Å². The van der Waals surface area contributed by atoms with Crippen molar-refractivity contribution in [2.75, 3.05) is 25.0 Å². The molecule has 0 aliphatic heterocycles. The van der Waals surface area contributed by atoms with E-state index in [0.29, 0.717) is 18.5 Å². The van der Waals surface area contributed by atoms with Crippen LogP contribution in [0.4, 0.5) is 10.8 Å². The molecule has 0 aromatic carbocycles. The number of carbonyl (C=O) groups is 1. The number of primary amides is 1. The number of nitrogens with two attached hydrogens (primary N) is 1. The van der Waals surface area contributed by atoms with Crippen molar-refractivity contribution in [3.8, 4) is 0 Å². The van der Waals surface area contributed by atoms with Gasteiger partial charge in [0.05, 0.1) is 12.6 Å². The molecular formula is C10H19N5O3. The molecule has 0 radical (unpaired) electrons. The van der Waals surface area contributed by atoms with Gasteiger partial charge in [-0.2, -0.15) is 0 Å². The number of carbonyl (C=O) groups excluding carboxylic acids is 1. The summed E-state index contributed by atoms with van der Waals surface area (Å²) in [5.41, 5.74) is 4.81. The van der Waals surface area contributed by atoms with Crippen LogP contribution in [0.1, 0.15) is 32.2 Å². The van der Waals surface area contributed by atoms with Gasteiger partial charge >= 0.3 is 12.1 Å². The minimum Gasteiger partial charge on any atom is -0.448 e. The highest BCUT2D eigenvalue weighted by Gasteiger charge is 2.12. The zero-order valence-electron chi connectivity index (χ0n) is 10.6. The number of nitrogens with zero attached hydrogens (tertiary/aromatic N) is 2. The maximum atomic E-state index is 10.3. The number of amides is 1. The number of hydrogen-bond acceptors (Lipinski definition) is 7. The predicted molar refractivity (Wildman–Crippen MR) is 65.0 cm³/mol. The molecule has 0 aliphatic carbocycles. The molecule has 1 heterocycles. The first-order valence-corrected chi connectivity index (χ1v) is 5.86. The fourth-order valence-electron chi connectivity index (χ4n) is 1.24. The predicted octanol–water partition coefficient (Wildman–Crippen LogP) is 0.637. The Morgan fingerprint density at radius 2 is 2.28 bits per heavy atom. The molecule has 0 saturated carbocycles. The fraction of sp³-hybridized carbons (Fsp3) is 0.700. The van der Waals surface area contributed by atoms with E-state index < -0.39 is 6.09 Å². The molecule has 4 N–H and O–H groups in total. The number of aromatic nitrogens is 2. The van der Waals surface area contributed by atoms with Gasteiger partial charge in [0.25, 0.3) is 0 Å². The molecule has 0 spiro atoms. The summed E-state index contributed by atoms with van der Waals surface area (Å²) in [7, 11) is 0. The van der Waals surface area contributed by atoms with Gasteiger partial charge in [-0.1, -0.05) is 12.0 Å². The molecule has 1 rings (SSSR count). The van der Waals surface area contributed by atoms with Gasteiger partial charge in [0.15, 0.2) is 0 Å². The Kier molecular flexibility index (Phi) is 5.92. The summed E-state index contributed by atoms with van der Waals surface area (Å²) in [4.78, 5) is 10.3. The second kappa shape index (κ2) is 7.49. The second-order valence-corrected chi connectivity index (χ2v) is 3.72. The van der Waals surface area contributed by atoms with E-state index in [1.165, 1.54) is 0 Å². The summed E-state index contributed by atoms with van der Waals surface area (Å²) >= 11 is 0. The van der Waals surface area contributed by atoms with E-state index in [2.05, 4.69) is 32.5 Å². The van der Waals surface area contributed by atoms with E-state index in [9.17, 15) is 4.79 Å². The molecule has 8 heteroatoms. The smallest absolute Gasteiger partial charge is 0.404 e. The van der Waals surface area contributed by atoms with Crippen LogP contribution >= 0.6 is 0 Å². The average Bonchev–Trinajstić information content (AvgIpc) is 2.80. The number of rotatable bonds is 8. The van der Waals surface area contributed by atoms with Crippen LogP contribution in [-0.4, -0.2) is 36.0 Å². The van der Waals surface area contributed by atoms with Crippen molar-refractivity contribution in [3.63, 3.8) is 0 Å². The third-order valence-electron chi connectivity index (χ3n) is 2.13. The maximum absolute atomic E-state index is 10.3. The van der Waals surface area contributed by atoms with Gasteiger partial charge < -0.3 is 25.5 Å². The Morgan fingerprint density at radius 1 is 1.50 bits per heavy atom. The summed E-state index contributed by atoms with van der Waals surface area (Å²) in [6, 6.07) is 0.304. The Labute approximate surface area is 105 Å². The monoisotopic (exact) mass is 257 g/mol. The summed E-state index contributed by atoms with van der Waals surface area (Å²) in [6.07, 6.45) is 0.231. The van der Waals surface area contributed by atoms with Crippen molar-refractivity contribution in [2.45, 2.75) is 26.3 Å². The maximum Gasteiger partial charge on any atom is 0.404 e. The van der Waals surface area contributed by atoms with Gasteiger partial charge in [-0.3, -0.25) is 0 Å². The van der Waals surface area contributed by atoms with Crippen molar-refractivity contribution in [1.29, 1.82) is 0 Å². The molecule has 0 aliphatic rings. The van der Waals surface area contributed by atoms with Crippen molar-refractivity contribution in [3.05, 3.63) is 5.89 Å². The molecule has 1 amide bonds. The number of nitrogens with one attached hydrogen (secondary N) is 2. The third kappa shape index (κ3) is 5.00. The quantitative estimate of drug-likeness (QED) is 0.585. The summed E-state index contributed by atoms with van der Waals surface area (Å²) < 4.78 is 9.93. The largest absolute Gasteiger partial charge is 0.448 e. The normalized spacial score (nSPS) is 12.1. The minimum atomic E-state index is -0.805. The molecule has 8 nitrogen and oxygen atoms in total. The van der Waals surface area contributed by atoms with Crippen LogP contribution in [0, 0.1) is 0 Å². The van der Waals surface area contributed by atoms with Crippen LogP contribution in [0.15, 0.2) is 4.42 Å². The third-order valence-corrected chi connectivity index (χ3v) is 2.13. The minimum absolute atomic E-state index is 0.00914. The lowest BCUT2D eigenvalue weighted by Gasteiger charge is -2.07. The van der Waals surface area contributed by atoms with Crippen molar-refractivity contribution in [2.24, 2.45) is 5.73 Å². The van der Waals surface area contributed by atoms with Crippen LogP contribution in [0.3, 0.4) is 0 Å². The van der Waals surface area contributed by atoms with Crippen molar-refractivity contribution in [1.82, 2.24) is 15.5 Å². The average molecular weight is 257 g/mol. The first-order chi connectivity index (χ1) is 8.63. The van der Waals surface area contributed by atoms with Crippen LogP contribution in [0.25, 0.3) is 0 Å². The van der Waals surface area contributed by atoms with E-state index >= 15 is 0 Å². The van der Waals surface area contributed by atoms with E-state index in [1.807, 2.05) is 6.92 Å². The molecule has 0 fully saturated rings. The van der Waals surface area contributed by atoms with Crippen LogP contribution < -0.4 is 16.4 Å². The zero-order valence-corrected chi connectivity index (χ0v) is 10.6. The van der Waals surface area contributed by atoms with E-state index in [-0.39, 0.29) is 12.6 Å². The Morgan fingerprint density at radius 3 is 2.94 bits per heavy atom. The lowest BCUT2D eigenvalue weighted by atomic mass is 10.3. The molecular weight excluding hydrogens is 238 g/mol. The number of anilines is 1. The Balaban J connectivity index is 2.31. The zero-order chi connectivity index (χ0) is 13.4. The lowest BCUT2D eigenvalue weighted by Crippen LogP contribution is -2.19.